The Kier molecular flexibility index (Phi) is 7.24. The number of Topliss-reactive ketones (excluding diaryl/α,β-unsaturated/α-hetero) is 1. The Labute approximate surface area is 237 Å². The molecule has 1 N–H and O–H groups in total. The zero-order valence-electron chi connectivity index (χ0n) is 22.9. The van der Waals surface area contributed by atoms with Gasteiger partial charge in [0.05, 0.1) is 0 Å². The van der Waals surface area contributed by atoms with E-state index in [0.29, 0.717) is 24.1 Å². The van der Waals surface area contributed by atoms with Crippen molar-refractivity contribution in [3.05, 3.63) is 74.9 Å². The van der Waals surface area contributed by atoms with Crippen molar-refractivity contribution in [2.24, 2.45) is 5.41 Å². The molecule has 200 valence electrons. The molecule has 1 aliphatic carbocycles. The summed E-state index contributed by atoms with van der Waals surface area (Å²) in [5.41, 5.74) is 4.96. The number of carbonyl (C=O) groups excluding carboxylic acids is 1. The number of aromatic nitrogens is 3. The van der Waals surface area contributed by atoms with Crippen LogP contribution in [0.5, 0.6) is 5.75 Å². The van der Waals surface area contributed by atoms with Gasteiger partial charge in [-0.1, -0.05) is 93.5 Å². The van der Waals surface area contributed by atoms with Gasteiger partial charge in [0.15, 0.2) is 5.78 Å². The van der Waals surface area contributed by atoms with E-state index in [0.717, 1.165) is 44.8 Å². The molecule has 0 spiro atoms. The van der Waals surface area contributed by atoms with Crippen LogP contribution >= 0.6 is 27.7 Å². The van der Waals surface area contributed by atoms with Crippen LogP contribution < -0.4 is 10.1 Å². The minimum atomic E-state index is -0.417. The number of thioether (sulfide) groups is 1. The van der Waals surface area contributed by atoms with E-state index >= 15 is 0 Å². The van der Waals surface area contributed by atoms with Crippen LogP contribution in [0.25, 0.3) is 0 Å². The van der Waals surface area contributed by atoms with Gasteiger partial charge in [-0.3, -0.25) is 4.79 Å². The summed E-state index contributed by atoms with van der Waals surface area (Å²) in [6, 6.07) is 14.2. The minimum Gasteiger partial charge on any atom is -0.489 e. The average Bonchev–Trinajstić information content (AvgIpc) is 3.23. The summed E-state index contributed by atoms with van der Waals surface area (Å²) in [6.07, 6.45) is 1.27. The van der Waals surface area contributed by atoms with Crippen LogP contribution in [0.1, 0.15) is 77.1 Å². The van der Waals surface area contributed by atoms with E-state index in [1.807, 2.05) is 22.9 Å². The van der Waals surface area contributed by atoms with Crippen LogP contribution in [-0.2, 0) is 16.8 Å². The van der Waals surface area contributed by atoms with Gasteiger partial charge in [0.1, 0.15) is 18.4 Å². The second-order valence-electron chi connectivity index (χ2n) is 11.9. The topological polar surface area (TPSA) is 69.0 Å². The van der Waals surface area contributed by atoms with Gasteiger partial charge in [0.25, 0.3) is 0 Å². The number of halogens is 1. The highest BCUT2D eigenvalue weighted by Crippen LogP contribution is 2.47. The maximum atomic E-state index is 13.6. The maximum absolute atomic E-state index is 13.6. The highest BCUT2D eigenvalue weighted by atomic mass is 79.9. The van der Waals surface area contributed by atoms with Crippen molar-refractivity contribution in [1.82, 2.24) is 14.8 Å². The number of hydrogen-bond donors (Lipinski definition) is 1. The quantitative estimate of drug-likeness (QED) is 0.295. The molecule has 1 atom stereocenters. The van der Waals surface area contributed by atoms with Gasteiger partial charge in [-0.25, -0.2) is 4.68 Å². The largest absolute Gasteiger partial charge is 0.489 e. The summed E-state index contributed by atoms with van der Waals surface area (Å²) in [6.45, 7) is 13.4. The van der Waals surface area contributed by atoms with Crippen LogP contribution in [0.2, 0.25) is 0 Å². The van der Waals surface area contributed by atoms with E-state index < -0.39 is 6.04 Å². The second kappa shape index (κ2) is 10.2. The second-order valence-corrected chi connectivity index (χ2v) is 14.0. The molecule has 38 heavy (non-hydrogen) atoms. The lowest BCUT2D eigenvalue weighted by Crippen LogP contribution is -2.36. The monoisotopic (exact) mass is 594 g/mol. The fourth-order valence-electron chi connectivity index (χ4n) is 5.19. The molecule has 2 heterocycles. The van der Waals surface area contributed by atoms with Crippen LogP contribution in [0.3, 0.4) is 0 Å². The zero-order chi connectivity index (χ0) is 27.2. The van der Waals surface area contributed by atoms with Crippen molar-refractivity contribution in [3.63, 3.8) is 0 Å². The van der Waals surface area contributed by atoms with Crippen molar-refractivity contribution in [2.75, 3.05) is 11.1 Å². The number of anilines is 1. The van der Waals surface area contributed by atoms with Crippen LogP contribution in [0, 0.1) is 5.41 Å². The molecule has 0 radical (unpaired) electrons. The third-order valence-electron chi connectivity index (χ3n) is 7.07. The molecule has 0 fully saturated rings. The smallest absolute Gasteiger partial charge is 0.227 e. The van der Waals surface area contributed by atoms with Crippen LogP contribution in [0.15, 0.2) is 63.4 Å². The zero-order valence-corrected chi connectivity index (χ0v) is 25.3. The van der Waals surface area contributed by atoms with Crippen molar-refractivity contribution in [2.45, 2.75) is 77.6 Å². The van der Waals surface area contributed by atoms with E-state index in [4.69, 9.17) is 14.8 Å². The van der Waals surface area contributed by atoms with Crippen molar-refractivity contribution in [3.8, 4) is 5.75 Å². The number of benzene rings is 2. The normalized spacial score (nSPS) is 18.6. The first-order valence-electron chi connectivity index (χ1n) is 13.1. The Bertz CT molecular complexity index is 1400. The number of hydrogen-bond acceptors (Lipinski definition) is 6. The molecule has 5 rings (SSSR count). The molecule has 0 saturated carbocycles. The van der Waals surface area contributed by atoms with Crippen molar-refractivity contribution >= 4 is 39.4 Å². The standard InChI is InChI=1S/C30H35BrN4O2S/c1-7-38-28-33-27-32-22-15-30(5,6)16-23(36)25(22)26(35(27)34-28)21-14-20(31)12-13-24(21)37-17-18-8-10-19(11-9-18)29(2,3)4/h8-14,26H,7,15-17H2,1-6H3,(H,32,33,34). The summed E-state index contributed by atoms with van der Waals surface area (Å²) >= 11 is 5.25. The summed E-state index contributed by atoms with van der Waals surface area (Å²) < 4.78 is 9.22. The first-order valence-corrected chi connectivity index (χ1v) is 14.9. The summed E-state index contributed by atoms with van der Waals surface area (Å²) in [7, 11) is 0. The Morgan fingerprint density at radius 2 is 1.89 bits per heavy atom. The molecule has 2 aromatic carbocycles. The number of nitrogens with zero attached hydrogens (tertiary/aromatic N) is 3. The Morgan fingerprint density at radius 3 is 2.58 bits per heavy atom. The fourth-order valence-corrected chi connectivity index (χ4v) is 6.13. The molecule has 0 saturated heterocycles. The van der Waals surface area contributed by atoms with E-state index in [1.54, 1.807) is 11.8 Å². The molecule has 3 aromatic rings. The molecule has 8 heteroatoms. The molecule has 2 aliphatic rings. The van der Waals surface area contributed by atoms with E-state index in [9.17, 15) is 4.79 Å². The Hall–Kier alpha value is -2.58. The number of ether oxygens (including phenoxy) is 1. The summed E-state index contributed by atoms with van der Waals surface area (Å²) in [5, 5.41) is 8.98. The van der Waals surface area contributed by atoms with Crippen molar-refractivity contribution in [1.29, 1.82) is 0 Å². The number of rotatable bonds is 6. The first-order chi connectivity index (χ1) is 17.9. The van der Waals surface area contributed by atoms with Crippen molar-refractivity contribution < 1.29 is 9.53 Å². The molecule has 1 aromatic heterocycles. The van der Waals surface area contributed by atoms with Crippen LogP contribution in [-0.4, -0.2) is 26.3 Å². The van der Waals surface area contributed by atoms with Gasteiger partial charge < -0.3 is 10.1 Å². The molecule has 0 bridgehead atoms. The third kappa shape index (κ3) is 5.43. The third-order valence-corrected chi connectivity index (χ3v) is 8.28. The van der Waals surface area contributed by atoms with E-state index in [-0.39, 0.29) is 16.6 Å². The van der Waals surface area contributed by atoms with Gasteiger partial charge >= 0.3 is 0 Å². The number of fused-ring (bicyclic) bond motifs is 1. The fraction of sp³-hybridized carbons (Fsp3) is 0.433. The SMILES string of the molecule is CCSc1nc2n(n1)C(c1cc(Br)ccc1OCc1ccc(C(C)(C)C)cc1)C1=C(CC(C)(C)CC1=O)N2. The Morgan fingerprint density at radius 1 is 1.16 bits per heavy atom. The van der Waals surface area contributed by atoms with Gasteiger partial charge in [0.2, 0.25) is 11.1 Å². The molecular weight excluding hydrogens is 560 g/mol. The number of carbonyl (C=O) groups is 1. The van der Waals surface area contributed by atoms with Gasteiger partial charge in [0, 0.05) is 27.7 Å². The lowest BCUT2D eigenvalue weighted by Gasteiger charge is -2.38. The molecule has 0 amide bonds. The summed E-state index contributed by atoms with van der Waals surface area (Å²) in [4.78, 5) is 18.4. The first kappa shape index (κ1) is 27.0. The predicted octanol–water partition coefficient (Wildman–Crippen LogP) is 7.69. The van der Waals surface area contributed by atoms with Gasteiger partial charge in [-0.15, -0.1) is 5.10 Å². The molecule has 1 unspecified atom stereocenters. The highest BCUT2D eigenvalue weighted by molar-refractivity contribution is 9.10. The molecular formula is C30H35BrN4O2S. The number of ketones is 1. The van der Waals surface area contributed by atoms with E-state index in [1.165, 1.54) is 5.56 Å². The van der Waals surface area contributed by atoms with Crippen LogP contribution in [0.4, 0.5) is 5.95 Å². The number of nitrogens with one attached hydrogen (secondary N) is 1. The predicted molar refractivity (Wildman–Crippen MR) is 157 cm³/mol. The Balaban J connectivity index is 1.55. The highest BCUT2D eigenvalue weighted by Gasteiger charge is 2.42. The minimum absolute atomic E-state index is 0.101. The molecule has 1 aliphatic heterocycles. The molecule has 6 nitrogen and oxygen atoms in total. The van der Waals surface area contributed by atoms with Gasteiger partial charge in [-0.05, 0) is 52.3 Å². The lowest BCUT2D eigenvalue weighted by molar-refractivity contribution is -0.118. The summed E-state index contributed by atoms with van der Waals surface area (Å²) in [5.74, 6) is 2.41. The number of allylic oxidation sites excluding steroid dienone is 2. The van der Waals surface area contributed by atoms with E-state index in [2.05, 4.69) is 87.1 Å². The lowest BCUT2D eigenvalue weighted by atomic mass is 9.73. The maximum Gasteiger partial charge on any atom is 0.227 e. The van der Waals surface area contributed by atoms with Gasteiger partial charge in [-0.2, -0.15) is 4.98 Å². The average molecular weight is 596 g/mol.